The molecule has 1 aromatic heterocycles. The highest BCUT2D eigenvalue weighted by Crippen LogP contribution is 2.23. The number of fused-ring (bicyclic) bond motifs is 1. The van der Waals surface area contributed by atoms with Crippen molar-refractivity contribution < 1.29 is 5.11 Å². The predicted molar refractivity (Wildman–Crippen MR) is 73.0 cm³/mol. The fourth-order valence-electron chi connectivity index (χ4n) is 2.46. The highest BCUT2D eigenvalue weighted by atomic mass is 35.5. The number of nitrogens with zero attached hydrogens (tertiary/aromatic N) is 1. The number of hydrogen-bond donors (Lipinski definition) is 3. The van der Waals surface area contributed by atoms with Gasteiger partial charge in [0.2, 0.25) is 5.95 Å². The zero-order valence-electron chi connectivity index (χ0n) is 9.99. The molecular formula is C13H16ClN3O. The molecular weight excluding hydrogens is 250 g/mol. The second-order valence-corrected chi connectivity index (χ2v) is 5.33. The summed E-state index contributed by atoms with van der Waals surface area (Å²) in [6.07, 6.45) is 3.57. The molecule has 2 aromatic rings. The summed E-state index contributed by atoms with van der Waals surface area (Å²) >= 11 is 5.94. The van der Waals surface area contributed by atoms with Crippen molar-refractivity contribution >= 4 is 28.6 Å². The predicted octanol–water partition coefficient (Wildman–Crippen LogP) is 2.93. The van der Waals surface area contributed by atoms with Crippen LogP contribution in [0.2, 0.25) is 5.02 Å². The summed E-state index contributed by atoms with van der Waals surface area (Å²) in [5.74, 6) is 0.786. The lowest BCUT2D eigenvalue weighted by Crippen LogP contribution is -2.28. The van der Waals surface area contributed by atoms with Crippen molar-refractivity contribution in [2.24, 2.45) is 0 Å². The van der Waals surface area contributed by atoms with Crippen LogP contribution in [0.5, 0.6) is 0 Å². The van der Waals surface area contributed by atoms with E-state index in [1.54, 1.807) is 0 Å². The molecule has 1 fully saturated rings. The van der Waals surface area contributed by atoms with Gasteiger partial charge in [0, 0.05) is 11.1 Å². The number of hydrogen-bond acceptors (Lipinski definition) is 3. The summed E-state index contributed by atoms with van der Waals surface area (Å²) < 4.78 is 0. The fourth-order valence-corrected chi connectivity index (χ4v) is 2.64. The van der Waals surface area contributed by atoms with Crippen LogP contribution in [0.4, 0.5) is 5.95 Å². The van der Waals surface area contributed by atoms with E-state index in [-0.39, 0.29) is 6.10 Å². The van der Waals surface area contributed by atoms with Crippen molar-refractivity contribution in [1.82, 2.24) is 9.97 Å². The molecule has 1 aliphatic carbocycles. The van der Waals surface area contributed by atoms with Crippen molar-refractivity contribution in [3.05, 3.63) is 23.2 Å². The number of H-pyrrole nitrogens is 1. The number of aliphatic hydroxyl groups excluding tert-OH is 1. The Kier molecular flexibility index (Phi) is 3.14. The Morgan fingerprint density at radius 1 is 1.28 bits per heavy atom. The first-order chi connectivity index (χ1) is 8.70. The molecule has 0 atom stereocenters. The molecule has 0 spiro atoms. The van der Waals surface area contributed by atoms with Crippen molar-refractivity contribution in [1.29, 1.82) is 0 Å². The second kappa shape index (κ2) is 4.78. The maximum atomic E-state index is 9.47. The molecule has 1 aliphatic rings. The minimum atomic E-state index is -0.127. The molecule has 0 radical (unpaired) electrons. The molecule has 0 saturated heterocycles. The van der Waals surface area contributed by atoms with Crippen LogP contribution in [0, 0.1) is 0 Å². The first-order valence-corrected chi connectivity index (χ1v) is 6.68. The summed E-state index contributed by atoms with van der Waals surface area (Å²) in [6.45, 7) is 0. The number of benzene rings is 1. The Balaban J connectivity index is 1.74. The van der Waals surface area contributed by atoms with Gasteiger partial charge in [0.15, 0.2) is 0 Å². The molecule has 4 nitrogen and oxygen atoms in total. The summed E-state index contributed by atoms with van der Waals surface area (Å²) in [5.41, 5.74) is 1.86. The largest absolute Gasteiger partial charge is 0.393 e. The van der Waals surface area contributed by atoms with E-state index < -0.39 is 0 Å². The van der Waals surface area contributed by atoms with Gasteiger partial charge in [-0.2, -0.15) is 0 Å². The molecule has 1 aromatic carbocycles. The molecule has 0 aliphatic heterocycles. The Labute approximate surface area is 110 Å². The lowest BCUT2D eigenvalue weighted by atomic mass is 9.93. The van der Waals surface area contributed by atoms with E-state index in [4.69, 9.17) is 11.6 Å². The van der Waals surface area contributed by atoms with Crippen LogP contribution in [0.25, 0.3) is 11.0 Å². The molecule has 3 N–H and O–H groups in total. The number of rotatable bonds is 2. The van der Waals surface area contributed by atoms with E-state index >= 15 is 0 Å². The number of aliphatic hydroxyl groups is 1. The number of nitrogens with one attached hydrogen (secondary N) is 2. The smallest absolute Gasteiger partial charge is 0.201 e. The van der Waals surface area contributed by atoms with Crippen LogP contribution < -0.4 is 5.32 Å². The van der Waals surface area contributed by atoms with Gasteiger partial charge in [-0.05, 0) is 43.9 Å². The SMILES string of the molecule is OC1CCC(Nc2nc3ccc(Cl)cc3[nH]2)CC1. The Morgan fingerprint density at radius 2 is 2.06 bits per heavy atom. The average molecular weight is 266 g/mol. The van der Waals surface area contributed by atoms with Crippen LogP contribution in [0.3, 0.4) is 0 Å². The average Bonchev–Trinajstić information content (AvgIpc) is 2.73. The quantitative estimate of drug-likeness (QED) is 0.782. The number of halogens is 1. The van der Waals surface area contributed by atoms with Gasteiger partial charge in [0.1, 0.15) is 0 Å². The molecule has 0 unspecified atom stereocenters. The maximum absolute atomic E-state index is 9.47. The second-order valence-electron chi connectivity index (χ2n) is 4.90. The molecule has 96 valence electrons. The Morgan fingerprint density at radius 3 is 2.83 bits per heavy atom. The zero-order chi connectivity index (χ0) is 12.5. The summed E-state index contributed by atoms with van der Waals surface area (Å²) in [6, 6.07) is 6.01. The van der Waals surface area contributed by atoms with Gasteiger partial charge in [0.05, 0.1) is 17.1 Å². The lowest BCUT2D eigenvalue weighted by molar-refractivity contribution is 0.126. The van der Waals surface area contributed by atoms with Gasteiger partial charge >= 0.3 is 0 Å². The van der Waals surface area contributed by atoms with Gasteiger partial charge in [0.25, 0.3) is 0 Å². The minimum Gasteiger partial charge on any atom is -0.393 e. The van der Waals surface area contributed by atoms with E-state index in [9.17, 15) is 5.11 Å². The number of anilines is 1. The third-order valence-electron chi connectivity index (χ3n) is 3.48. The first kappa shape index (κ1) is 11.8. The summed E-state index contributed by atoms with van der Waals surface area (Å²) in [4.78, 5) is 7.70. The first-order valence-electron chi connectivity index (χ1n) is 6.30. The molecule has 0 amide bonds. The van der Waals surface area contributed by atoms with Gasteiger partial charge in [-0.1, -0.05) is 11.6 Å². The molecule has 0 bridgehead atoms. The molecule has 3 rings (SSSR count). The van der Waals surface area contributed by atoms with E-state index in [0.717, 1.165) is 42.7 Å². The third kappa shape index (κ3) is 2.44. The zero-order valence-corrected chi connectivity index (χ0v) is 10.7. The van der Waals surface area contributed by atoms with Crippen molar-refractivity contribution in [3.8, 4) is 0 Å². The monoisotopic (exact) mass is 265 g/mol. The topological polar surface area (TPSA) is 60.9 Å². The van der Waals surface area contributed by atoms with Crippen LogP contribution in [-0.4, -0.2) is 27.2 Å². The van der Waals surface area contributed by atoms with Crippen LogP contribution >= 0.6 is 11.6 Å². The summed E-state index contributed by atoms with van der Waals surface area (Å²) in [7, 11) is 0. The molecule has 5 heteroatoms. The highest BCUT2D eigenvalue weighted by Gasteiger charge is 2.19. The van der Waals surface area contributed by atoms with E-state index in [2.05, 4.69) is 15.3 Å². The normalized spacial score (nSPS) is 24.3. The Bertz CT molecular complexity index is 546. The van der Waals surface area contributed by atoms with Crippen molar-refractivity contribution in [2.75, 3.05) is 5.32 Å². The van der Waals surface area contributed by atoms with E-state index in [1.807, 2.05) is 18.2 Å². The Hall–Kier alpha value is -1.26. The molecule has 1 saturated carbocycles. The van der Waals surface area contributed by atoms with Gasteiger partial charge in [-0.3, -0.25) is 0 Å². The van der Waals surface area contributed by atoms with E-state index in [1.165, 1.54) is 0 Å². The number of aromatic nitrogens is 2. The summed E-state index contributed by atoms with van der Waals surface area (Å²) in [5, 5.41) is 13.6. The van der Waals surface area contributed by atoms with Crippen molar-refractivity contribution in [2.45, 2.75) is 37.8 Å². The fraction of sp³-hybridized carbons (Fsp3) is 0.462. The van der Waals surface area contributed by atoms with Crippen LogP contribution in [0.15, 0.2) is 18.2 Å². The van der Waals surface area contributed by atoms with Crippen molar-refractivity contribution in [3.63, 3.8) is 0 Å². The van der Waals surface area contributed by atoms with E-state index in [0.29, 0.717) is 11.1 Å². The third-order valence-corrected chi connectivity index (χ3v) is 3.72. The van der Waals surface area contributed by atoms with Gasteiger partial charge in [-0.15, -0.1) is 0 Å². The molecule has 1 heterocycles. The molecule has 18 heavy (non-hydrogen) atoms. The lowest BCUT2D eigenvalue weighted by Gasteiger charge is -2.25. The van der Waals surface area contributed by atoms with Gasteiger partial charge < -0.3 is 15.4 Å². The highest BCUT2D eigenvalue weighted by molar-refractivity contribution is 6.31. The number of imidazole rings is 1. The maximum Gasteiger partial charge on any atom is 0.201 e. The number of aromatic amines is 1. The van der Waals surface area contributed by atoms with Crippen LogP contribution in [0.1, 0.15) is 25.7 Å². The van der Waals surface area contributed by atoms with Gasteiger partial charge in [-0.25, -0.2) is 4.98 Å². The van der Waals surface area contributed by atoms with Crippen LogP contribution in [-0.2, 0) is 0 Å². The minimum absolute atomic E-state index is 0.127. The standard InChI is InChI=1S/C13H16ClN3O/c14-8-1-6-11-12(7-8)17-13(16-11)15-9-2-4-10(18)5-3-9/h1,6-7,9-10,18H,2-5H2,(H2,15,16,17).